The van der Waals surface area contributed by atoms with Crippen molar-refractivity contribution in [3.05, 3.63) is 22.7 Å². The molecule has 1 aromatic rings. The summed E-state index contributed by atoms with van der Waals surface area (Å²) in [5, 5.41) is 0.259. The lowest BCUT2D eigenvalue weighted by Gasteiger charge is -2.12. The first-order valence-corrected chi connectivity index (χ1v) is 5.03. The number of hydrazine groups is 1. The summed E-state index contributed by atoms with van der Waals surface area (Å²) in [6.45, 7) is 2.31. The zero-order valence-corrected chi connectivity index (χ0v) is 9.80. The number of nitrogens with one attached hydrogen (secondary N) is 1. The maximum atomic E-state index is 11.4. The fourth-order valence-electron chi connectivity index (χ4n) is 1.21. The Morgan fingerprint density at radius 2 is 2.25 bits per heavy atom. The molecule has 0 aliphatic heterocycles. The van der Waals surface area contributed by atoms with Crippen LogP contribution >= 0.6 is 11.6 Å². The first-order valence-electron chi connectivity index (χ1n) is 4.65. The van der Waals surface area contributed by atoms with Crippen LogP contribution in [-0.4, -0.2) is 19.7 Å². The van der Waals surface area contributed by atoms with Gasteiger partial charge >= 0.3 is 5.97 Å². The van der Waals surface area contributed by atoms with Crippen molar-refractivity contribution < 1.29 is 14.3 Å². The van der Waals surface area contributed by atoms with Crippen molar-refractivity contribution in [1.29, 1.82) is 0 Å². The van der Waals surface area contributed by atoms with Crippen molar-refractivity contribution in [2.24, 2.45) is 5.84 Å². The van der Waals surface area contributed by atoms with Crippen molar-refractivity contribution in [1.82, 2.24) is 0 Å². The first kappa shape index (κ1) is 12.6. The third kappa shape index (κ3) is 2.56. The highest BCUT2D eigenvalue weighted by molar-refractivity contribution is 6.33. The van der Waals surface area contributed by atoms with Gasteiger partial charge in [-0.2, -0.15) is 0 Å². The molecule has 0 heterocycles. The van der Waals surface area contributed by atoms with E-state index < -0.39 is 5.97 Å². The van der Waals surface area contributed by atoms with Crippen molar-refractivity contribution in [3.8, 4) is 5.75 Å². The Hall–Kier alpha value is -1.46. The Kier molecular flexibility index (Phi) is 4.39. The van der Waals surface area contributed by atoms with Gasteiger partial charge in [-0.1, -0.05) is 11.6 Å². The van der Waals surface area contributed by atoms with E-state index in [-0.39, 0.29) is 10.6 Å². The van der Waals surface area contributed by atoms with E-state index in [1.54, 1.807) is 0 Å². The van der Waals surface area contributed by atoms with Crippen LogP contribution in [0.1, 0.15) is 17.3 Å². The number of hydrogen-bond donors (Lipinski definition) is 2. The van der Waals surface area contributed by atoms with E-state index in [0.29, 0.717) is 18.0 Å². The molecule has 0 unspecified atom stereocenters. The van der Waals surface area contributed by atoms with Gasteiger partial charge in [-0.05, 0) is 13.0 Å². The number of halogens is 1. The van der Waals surface area contributed by atoms with E-state index in [9.17, 15) is 4.79 Å². The van der Waals surface area contributed by atoms with Crippen LogP contribution in [-0.2, 0) is 4.74 Å². The van der Waals surface area contributed by atoms with Crippen molar-refractivity contribution in [2.45, 2.75) is 6.92 Å². The van der Waals surface area contributed by atoms with Gasteiger partial charge < -0.3 is 14.9 Å². The van der Waals surface area contributed by atoms with Gasteiger partial charge in [0.2, 0.25) is 0 Å². The molecule has 0 aromatic heterocycles. The molecule has 0 aliphatic carbocycles. The summed E-state index contributed by atoms with van der Waals surface area (Å²) < 4.78 is 9.88. The maximum absolute atomic E-state index is 11.4. The number of nitrogen functional groups attached to an aromatic ring is 1. The van der Waals surface area contributed by atoms with Crippen molar-refractivity contribution >= 4 is 23.3 Å². The van der Waals surface area contributed by atoms with Gasteiger partial charge in [0.1, 0.15) is 5.75 Å². The van der Waals surface area contributed by atoms with Crippen LogP contribution in [0.3, 0.4) is 0 Å². The number of ether oxygens (including phenoxy) is 2. The standard InChI is InChI=1S/C10H13ClN2O3/c1-3-16-9-5-7(11)6(10(14)15-2)4-8(9)13-12/h4-5,13H,3,12H2,1-2H3. The molecule has 1 aromatic carbocycles. The molecule has 0 saturated carbocycles. The third-order valence-corrected chi connectivity index (χ3v) is 2.24. The summed E-state index contributed by atoms with van der Waals surface area (Å²) in [5.74, 6) is 5.28. The van der Waals surface area contributed by atoms with Crippen LogP contribution in [0.5, 0.6) is 5.75 Å². The van der Waals surface area contributed by atoms with E-state index in [0.717, 1.165) is 0 Å². The lowest BCUT2D eigenvalue weighted by atomic mass is 10.2. The molecule has 5 nitrogen and oxygen atoms in total. The largest absolute Gasteiger partial charge is 0.492 e. The van der Waals surface area contributed by atoms with E-state index in [2.05, 4.69) is 10.2 Å². The van der Waals surface area contributed by atoms with Gasteiger partial charge in [-0.3, -0.25) is 5.84 Å². The summed E-state index contributed by atoms with van der Waals surface area (Å²) in [6, 6.07) is 3.01. The number of rotatable bonds is 4. The number of methoxy groups -OCH3 is 1. The molecule has 0 atom stereocenters. The highest BCUT2D eigenvalue weighted by Gasteiger charge is 2.15. The molecule has 0 radical (unpaired) electrons. The summed E-state index contributed by atoms with van der Waals surface area (Å²) in [4.78, 5) is 11.4. The van der Waals surface area contributed by atoms with Gasteiger partial charge in [-0.15, -0.1) is 0 Å². The zero-order chi connectivity index (χ0) is 12.1. The summed E-state index contributed by atoms with van der Waals surface area (Å²) >= 11 is 5.92. The number of carbonyl (C=O) groups is 1. The normalized spacial score (nSPS) is 9.75. The minimum Gasteiger partial charge on any atom is -0.492 e. The Morgan fingerprint density at radius 1 is 1.56 bits per heavy atom. The van der Waals surface area contributed by atoms with Crippen molar-refractivity contribution in [3.63, 3.8) is 0 Å². The fraction of sp³-hybridized carbons (Fsp3) is 0.300. The molecule has 0 amide bonds. The van der Waals surface area contributed by atoms with E-state index in [4.69, 9.17) is 22.2 Å². The van der Waals surface area contributed by atoms with Crippen LogP contribution in [0.4, 0.5) is 5.69 Å². The highest BCUT2D eigenvalue weighted by Crippen LogP contribution is 2.31. The highest BCUT2D eigenvalue weighted by atomic mass is 35.5. The lowest BCUT2D eigenvalue weighted by Crippen LogP contribution is -2.11. The second-order valence-electron chi connectivity index (χ2n) is 2.90. The number of anilines is 1. The fourth-order valence-corrected chi connectivity index (χ4v) is 1.44. The summed E-state index contributed by atoms with van der Waals surface area (Å²) in [5.41, 5.74) is 3.15. The maximum Gasteiger partial charge on any atom is 0.339 e. The second kappa shape index (κ2) is 5.58. The van der Waals surface area contributed by atoms with Gasteiger partial charge in [0.25, 0.3) is 0 Å². The zero-order valence-electron chi connectivity index (χ0n) is 9.04. The topological polar surface area (TPSA) is 73.6 Å². The number of esters is 1. The molecule has 0 saturated heterocycles. The van der Waals surface area contributed by atoms with E-state index in [1.807, 2.05) is 6.92 Å². The Bertz CT molecular complexity index is 396. The van der Waals surface area contributed by atoms with Gasteiger partial charge in [-0.25, -0.2) is 4.79 Å². The predicted molar refractivity (Wildman–Crippen MR) is 61.8 cm³/mol. The van der Waals surface area contributed by atoms with Crippen LogP contribution in [0.2, 0.25) is 5.02 Å². The summed E-state index contributed by atoms with van der Waals surface area (Å²) in [7, 11) is 1.28. The lowest BCUT2D eigenvalue weighted by molar-refractivity contribution is 0.0601. The number of carbonyl (C=O) groups excluding carboxylic acids is 1. The molecule has 88 valence electrons. The van der Waals surface area contributed by atoms with Crippen LogP contribution in [0, 0.1) is 0 Å². The van der Waals surface area contributed by atoms with Crippen LogP contribution in [0.15, 0.2) is 12.1 Å². The minimum absolute atomic E-state index is 0.237. The molecule has 0 fully saturated rings. The van der Waals surface area contributed by atoms with Gasteiger partial charge in [0.15, 0.2) is 0 Å². The molecule has 1 rings (SSSR count). The van der Waals surface area contributed by atoms with Crippen LogP contribution in [0.25, 0.3) is 0 Å². The Morgan fingerprint density at radius 3 is 2.75 bits per heavy atom. The molecular weight excluding hydrogens is 232 g/mol. The monoisotopic (exact) mass is 244 g/mol. The SMILES string of the molecule is CCOc1cc(Cl)c(C(=O)OC)cc1NN. The quantitative estimate of drug-likeness (QED) is 0.480. The van der Waals surface area contributed by atoms with Crippen molar-refractivity contribution in [2.75, 3.05) is 19.1 Å². The summed E-state index contributed by atoms with van der Waals surface area (Å²) in [6.07, 6.45) is 0. The molecule has 16 heavy (non-hydrogen) atoms. The minimum atomic E-state index is -0.524. The van der Waals surface area contributed by atoms with Gasteiger partial charge in [0, 0.05) is 6.07 Å². The van der Waals surface area contributed by atoms with E-state index >= 15 is 0 Å². The molecule has 0 bridgehead atoms. The number of nitrogens with two attached hydrogens (primary N) is 1. The molecular formula is C10H13ClN2O3. The predicted octanol–water partition coefficient (Wildman–Crippen LogP) is 1.81. The number of benzene rings is 1. The molecule has 3 N–H and O–H groups in total. The smallest absolute Gasteiger partial charge is 0.339 e. The molecule has 0 aliphatic rings. The average molecular weight is 245 g/mol. The molecule has 6 heteroatoms. The van der Waals surface area contributed by atoms with E-state index in [1.165, 1.54) is 19.2 Å². The van der Waals surface area contributed by atoms with Gasteiger partial charge in [0.05, 0.1) is 30.0 Å². The second-order valence-corrected chi connectivity index (χ2v) is 3.30. The number of hydrogen-bond acceptors (Lipinski definition) is 5. The van der Waals surface area contributed by atoms with Crippen LogP contribution < -0.4 is 16.0 Å². The Balaban J connectivity index is 3.20. The molecule has 0 spiro atoms. The Labute approximate surface area is 98.4 Å². The third-order valence-electron chi connectivity index (χ3n) is 1.93. The first-order chi connectivity index (χ1) is 7.63. The average Bonchev–Trinajstić information content (AvgIpc) is 2.29.